The van der Waals surface area contributed by atoms with E-state index in [2.05, 4.69) is 27.1 Å². The number of aromatic amines is 1. The van der Waals surface area contributed by atoms with E-state index in [4.69, 9.17) is 4.74 Å². The van der Waals surface area contributed by atoms with E-state index in [1.807, 2.05) is 47.4 Å². The molecule has 3 heterocycles. The molecule has 0 atom stereocenters. The zero-order chi connectivity index (χ0) is 15.5. The minimum Gasteiger partial charge on any atom is -0.492 e. The zero-order valence-electron chi connectivity index (χ0n) is 12.5. The van der Waals surface area contributed by atoms with Gasteiger partial charge >= 0.3 is 0 Å². The average Bonchev–Trinajstić information content (AvgIpc) is 3.26. The molecule has 0 aliphatic heterocycles. The maximum absolute atomic E-state index is 5.86. The second-order valence-electron chi connectivity index (χ2n) is 5.28. The number of imidazole rings is 1. The summed E-state index contributed by atoms with van der Waals surface area (Å²) in [6.45, 7) is 1.39. The molecular formula is C18H16N4O. The van der Waals surface area contributed by atoms with E-state index in [1.54, 1.807) is 12.5 Å². The Morgan fingerprint density at radius 1 is 1.13 bits per heavy atom. The Kier molecular flexibility index (Phi) is 3.52. The molecule has 0 saturated heterocycles. The van der Waals surface area contributed by atoms with Gasteiger partial charge in [0, 0.05) is 30.2 Å². The van der Waals surface area contributed by atoms with Crippen LogP contribution in [0.1, 0.15) is 0 Å². The Balaban J connectivity index is 1.55. The third-order valence-electron chi connectivity index (χ3n) is 3.78. The topological polar surface area (TPSA) is 55.7 Å². The number of ether oxygens (including phenoxy) is 1. The van der Waals surface area contributed by atoms with Crippen LogP contribution >= 0.6 is 0 Å². The van der Waals surface area contributed by atoms with Crippen LogP contribution in [0.25, 0.3) is 22.2 Å². The first-order valence-corrected chi connectivity index (χ1v) is 7.51. The van der Waals surface area contributed by atoms with E-state index in [9.17, 15) is 0 Å². The van der Waals surface area contributed by atoms with Crippen LogP contribution in [-0.2, 0) is 6.54 Å². The molecule has 114 valence electrons. The number of hydrogen-bond acceptors (Lipinski definition) is 3. The number of rotatable bonds is 5. The molecule has 0 radical (unpaired) electrons. The van der Waals surface area contributed by atoms with Crippen molar-refractivity contribution in [2.24, 2.45) is 0 Å². The predicted molar refractivity (Wildman–Crippen MR) is 89.3 cm³/mol. The van der Waals surface area contributed by atoms with Crippen LogP contribution in [0.3, 0.4) is 0 Å². The number of nitrogens with zero attached hydrogens (tertiary/aromatic N) is 3. The van der Waals surface area contributed by atoms with Gasteiger partial charge in [0.1, 0.15) is 18.0 Å². The second kappa shape index (κ2) is 5.96. The van der Waals surface area contributed by atoms with Gasteiger partial charge in [0.25, 0.3) is 0 Å². The average molecular weight is 304 g/mol. The van der Waals surface area contributed by atoms with Crippen molar-refractivity contribution in [2.45, 2.75) is 6.54 Å². The molecule has 0 unspecified atom stereocenters. The first-order valence-electron chi connectivity index (χ1n) is 7.51. The Hall–Kier alpha value is -3.08. The van der Waals surface area contributed by atoms with Crippen molar-refractivity contribution in [1.82, 2.24) is 19.5 Å². The van der Waals surface area contributed by atoms with Crippen LogP contribution in [0.4, 0.5) is 0 Å². The molecule has 0 saturated carbocycles. The number of fused-ring (bicyclic) bond motifs is 1. The van der Waals surface area contributed by atoms with Crippen LogP contribution in [0, 0.1) is 0 Å². The molecule has 4 rings (SSSR count). The van der Waals surface area contributed by atoms with E-state index in [0.29, 0.717) is 6.61 Å². The molecule has 4 aromatic rings. The van der Waals surface area contributed by atoms with Gasteiger partial charge in [-0.3, -0.25) is 0 Å². The summed E-state index contributed by atoms with van der Waals surface area (Å²) in [6, 6.07) is 12.2. The lowest BCUT2D eigenvalue weighted by Gasteiger charge is -2.09. The van der Waals surface area contributed by atoms with Crippen LogP contribution in [0.5, 0.6) is 5.75 Å². The van der Waals surface area contributed by atoms with Crippen LogP contribution < -0.4 is 4.74 Å². The Morgan fingerprint density at radius 2 is 2.13 bits per heavy atom. The number of H-pyrrole nitrogens is 1. The van der Waals surface area contributed by atoms with Crippen molar-refractivity contribution in [3.05, 3.63) is 67.5 Å². The van der Waals surface area contributed by atoms with Gasteiger partial charge in [0.2, 0.25) is 0 Å². The zero-order valence-corrected chi connectivity index (χ0v) is 12.5. The first kappa shape index (κ1) is 13.6. The van der Waals surface area contributed by atoms with Crippen molar-refractivity contribution >= 4 is 11.0 Å². The molecule has 5 heteroatoms. The Labute approximate surface area is 133 Å². The lowest BCUT2D eigenvalue weighted by Crippen LogP contribution is -2.06. The minimum atomic E-state index is 0.607. The smallest absolute Gasteiger partial charge is 0.137 e. The molecule has 0 bridgehead atoms. The molecular weight excluding hydrogens is 288 g/mol. The number of aromatic nitrogens is 4. The summed E-state index contributed by atoms with van der Waals surface area (Å²) in [7, 11) is 0. The summed E-state index contributed by atoms with van der Waals surface area (Å²) in [5.74, 6) is 0.864. The summed E-state index contributed by atoms with van der Waals surface area (Å²) in [4.78, 5) is 11.5. The monoisotopic (exact) mass is 304 g/mol. The lowest BCUT2D eigenvalue weighted by molar-refractivity contribution is 0.298. The van der Waals surface area contributed by atoms with Crippen LogP contribution in [0.15, 0.2) is 67.5 Å². The third-order valence-corrected chi connectivity index (χ3v) is 3.78. The summed E-state index contributed by atoms with van der Waals surface area (Å²) in [5, 5.41) is 1.11. The molecule has 1 aromatic carbocycles. The highest BCUT2D eigenvalue weighted by Gasteiger charge is 2.06. The van der Waals surface area contributed by atoms with E-state index in [0.717, 1.165) is 34.5 Å². The van der Waals surface area contributed by atoms with Crippen molar-refractivity contribution in [3.63, 3.8) is 0 Å². The number of hydrogen-bond donors (Lipinski definition) is 1. The van der Waals surface area contributed by atoms with Crippen molar-refractivity contribution in [1.29, 1.82) is 0 Å². The molecule has 5 nitrogen and oxygen atoms in total. The third kappa shape index (κ3) is 2.81. The molecule has 0 amide bonds. The Bertz CT molecular complexity index is 912. The standard InChI is InChI=1S/C18H16N4O/c1-2-14(16-4-6-20-18-17(16)5-7-21-18)12-15(3-1)23-11-10-22-9-8-19-13-22/h1-9,12-13H,10-11H2,(H,20,21). The summed E-state index contributed by atoms with van der Waals surface area (Å²) < 4.78 is 7.86. The molecule has 0 fully saturated rings. The largest absolute Gasteiger partial charge is 0.492 e. The van der Waals surface area contributed by atoms with Crippen LogP contribution in [-0.4, -0.2) is 26.1 Å². The molecule has 0 aliphatic carbocycles. The maximum Gasteiger partial charge on any atom is 0.137 e. The second-order valence-corrected chi connectivity index (χ2v) is 5.28. The van der Waals surface area contributed by atoms with E-state index < -0.39 is 0 Å². The number of pyridine rings is 1. The minimum absolute atomic E-state index is 0.607. The molecule has 1 N–H and O–H groups in total. The predicted octanol–water partition coefficient (Wildman–Crippen LogP) is 3.51. The fourth-order valence-corrected chi connectivity index (χ4v) is 2.65. The maximum atomic E-state index is 5.86. The fraction of sp³-hybridized carbons (Fsp3) is 0.111. The normalized spacial score (nSPS) is 11.0. The van der Waals surface area contributed by atoms with E-state index in [1.165, 1.54) is 0 Å². The van der Waals surface area contributed by atoms with Gasteiger partial charge in [0.15, 0.2) is 0 Å². The number of benzene rings is 1. The van der Waals surface area contributed by atoms with Gasteiger partial charge in [-0.25, -0.2) is 9.97 Å². The Morgan fingerprint density at radius 3 is 3.04 bits per heavy atom. The van der Waals surface area contributed by atoms with Gasteiger partial charge in [-0.05, 0) is 35.4 Å². The molecule has 23 heavy (non-hydrogen) atoms. The van der Waals surface area contributed by atoms with Gasteiger partial charge in [-0.15, -0.1) is 0 Å². The highest BCUT2D eigenvalue weighted by atomic mass is 16.5. The fourth-order valence-electron chi connectivity index (χ4n) is 2.65. The summed E-state index contributed by atoms with van der Waals surface area (Å²) >= 11 is 0. The van der Waals surface area contributed by atoms with Crippen molar-refractivity contribution < 1.29 is 4.74 Å². The van der Waals surface area contributed by atoms with Crippen molar-refractivity contribution in [3.8, 4) is 16.9 Å². The van der Waals surface area contributed by atoms with E-state index >= 15 is 0 Å². The SMILES string of the molecule is c1cc(OCCn2ccnc2)cc(-c2ccnc3[nH]ccc23)c1. The van der Waals surface area contributed by atoms with Crippen molar-refractivity contribution in [2.75, 3.05) is 6.61 Å². The van der Waals surface area contributed by atoms with E-state index in [-0.39, 0.29) is 0 Å². The highest BCUT2D eigenvalue weighted by molar-refractivity contribution is 5.92. The van der Waals surface area contributed by atoms with Gasteiger partial charge in [-0.2, -0.15) is 0 Å². The first-order chi connectivity index (χ1) is 11.4. The summed E-state index contributed by atoms with van der Waals surface area (Å²) in [6.07, 6.45) is 9.22. The van der Waals surface area contributed by atoms with Gasteiger partial charge in [-0.1, -0.05) is 12.1 Å². The summed E-state index contributed by atoms with van der Waals surface area (Å²) in [5.41, 5.74) is 3.17. The quantitative estimate of drug-likeness (QED) is 0.614. The molecule has 0 spiro atoms. The van der Waals surface area contributed by atoms with Crippen LogP contribution in [0.2, 0.25) is 0 Å². The number of nitrogens with one attached hydrogen (secondary N) is 1. The molecule has 0 aliphatic rings. The lowest BCUT2D eigenvalue weighted by atomic mass is 10.0. The molecule has 3 aromatic heterocycles. The van der Waals surface area contributed by atoms with Gasteiger partial charge < -0.3 is 14.3 Å². The van der Waals surface area contributed by atoms with Gasteiger partial charge in [0.05, 0.1) is 12.9 Å². The highest BCUT2D eigenvalue weighted by Crippen LogP contribution is 2.29.